The van der Waals surface area contributed by atoms with Gasteiger partial charge in [0.2, 0.25) is 0 Å². The lowest BCUT2D eigenvalue weighted by atomic mass is 9.92. The summed E-state index contributed by atoms with van der Waals surface area (Å²) in [6, 6.07) is 2.43. The SMILES string of the molecule is Cc1cn2cc(C3=CC(=O)N4C=C(C5CCN(C(C)C)CC5)N=C/C4=C\C=C3)cc(Cl)c2n1. The first-order chi connectivity index (χ1) is 15.9. The molecule has 0 N–H and O–H groups in total. The average Bonchev–Trinajstić information content (AvgIpc) is 3.18. The molecule has 2 aromatic rings. The molecule has 33 heavy (non-hydrogen) atoms. The summed E-state index contributed by atoms with van der Waals surface area (Å²) in [6.07, 6.45) is 17.2. The fourth-order valence-corrected chi connectivity index (χ4v) is 4.95. The number of fused-ring (bicyclic) bond motifs is 2. The van der Waals surface area contributed by atoms with Gasteiger partial charge in [-0.2, -0.15) is 0 Å². The Labute approximate surface area is 199 Å². The Morgan fingerprint density at radius 3 is 2.73 bits per heavy atom. The molecule has 0 radical (unpaired) electrons. The van der Waals surface area contributed by atoms with Gasteiger partial charge in [-0.25, -0.2) is 4.98 Å². The maximum atomic E-state index is 13.3. The number of hydrogen-bond acceptors (Lipinski definition) is 4. The summed E-state index contributed by atoms with van der Waals surface area (Å²) in [4.78, 5) is 26.7. The molecule has 0 aliphatic carbocycles. The van der Waals surface area contributed by atoms with Crippen molar-refractivity contribution in [2.45, 2.75) is 39.7 Å². The Bertz CT molecular complexity index is 1250. The second-order valence-corrected chi connectivity index (χ2v) is 9.57. The zero-order valence-electron chi connectivity index (χ0n) is 19.2. The number of amides is 1. The fraction of sp³-hybridized carbons (Fsp3) is 0.346. The second kappa shape index (κ2) is 8.76. The summed E-state index contributed by atoms with van der Waals surface area (Å²) in [7, 11) is 0. The van der Waals surface area contributed by atoms with Crippen molar-refractivity contribution in [3.05, 3.63) is 76.6 Å². The molecule has 5 rings (SSSR count). The van der Waals surface area contributed by atoms with Crippen LogP contribution in [0.5, 0.6) is 0 Å². The first-order valence-corrected chi connectivity index (χ1v) is 11.8. The van der Waals surface area contributed by atoms with E-state index in [-0.39, 0.29) is 5.91 Å². The van der Waals surface area contributed by atoms with Crippen molar-refractivity contribution in [2.24, 2.45) is 10.9 Å². The Balaban J connectivity index is 1.43. The second-order valence-electron chi connectivity index (χ2n) is 9.16. The van der Waals surface area contributed by atoms with Crippen LogP contribution in [0.2, 0.25) is 5.02 Å². The number of imidazole rings is 1. The van der Waals surface area contributed by atoms with Gasteiger partial charge in [-0.1, -0.05) is 23.8 Å². The maximum absolute atomic E-state index is 13.3. The smallest absolute Gasteiger partial charge is 0.255 e. The quantitative estimate of drug-likeness (QED) is 0.645. The molecule has 0 atom stereocenters. The van der Waals surface area contributed by atoms with Gasteiger partial charge in [-0.15, -0.1) is 0 Å². The van der Waals surface area contributed by atoms with E-state index in [0.717, 1.165) is 54.2 Å². The maximum Gasteiger partial charge on any atom is 0.255 e. The van der Waals surface area contributed by atoms with Crippen molar-refractivity contribution in [3.63, 3.8) is 0 Å². The summed E-state index contributed by atoms with van der Waals surface area (Å²) in [5.74, 6) is 0.280. The molecule has 0 saturated carbocycles. The van der Waals surface area contributed by atoms with Crippen molar-refractivity contribution in [1.82, 2.24) is 19.2 Å². The van der Waals surface area contributed by atoms with Crippen molar-refractivity contribution < 1.29 is 4.79 Å². The van der Waals surface area contributed by atoms with Gasteiger partial charge >= 0.3 is 0 Å². The molecule has 3 aliphatic rings. The Morgan fingerprint density at radius 2 is 1.97 bits per heavy atom. The van der Waals surface area contributed by atoms with Gasteiger partial charge in [0.1, 0.15) is 0 Å². The number of carbonyl (C=O) groups excluding carboxylic acids is 1. The van der Waals surface area contributed by atoms with Crippen LogP contribution in [0.25, 0.3) is 11.2 Å². The van der Waals surface area contributed by atoms with Crippen molar-refractivity contribution in [3.8, 4) is 0 Å². The van der Waals surface area contributed by atoms with E-state index in [0.29, 0.717) is 22.6 Å². The highest BCUT2D eigenvalue weighted by Crippen LogP contribution is 2.31. The number of hydrogen-bond donors (Lipinski definition) is 0. The zero-order chi connectivity index (χ0) is 23.1. The molecule has 0 unspecified atom stereocenters. The lowest BCUT2D eigenvalue weighted by Gasteiger charge is -2.35. The zero-order valence-corrected chi connectivity index (χ0v) is 20.0. The molecule has 2 aromatic heterocycles. The molecule has 1 fully saturated rings. The van der Waals surface area contributed by atoms with Crippen LogP contribution < -0.4 is 0 Å². The number of aliphatic imine (C=N–C) groups is 1. The summed E-state index contributed by atoms with van der Waals surface area (Å²) in [5, 5.41) is 0.556. The Kier molecular flexibility index (Phi) is 5.81. The number of likely N-dealkylation sites (tertiary alicyclic amines) is 1. The minimum atomic E-state index is -0.0955. The third kappa shape index (κ3) is 4.33. The number of rotatable bonds is 3. The number of aryl methyl sites for hydroxylation is 1. The number of allylic oxidation sites excluding steroid dienone is 6. The third-order valence-electron chi connectivity index (χ3n) is 6.58. The largest absolute Gasteiger partial charge is 0.305 e. The molecule has 1 amide bonds. The predicted molar refractivity (Wildman–Crippen MR) is 133 cm³/mol. The van der Waals surface area contributed by atoms with Crippen LogP contribution in [0.3, 0.4) is 0 Å². The third-order valence-corrected chi connectivity index (χ3v) is 6.86. The van der Waals surface area contributed by atoms with Gasteiger partial charge in [-0.3, -0.25) is 14.7 Å². The highest BCUT2D eigenvalue weighted by atomic mass is 35.5. The number of pyridine rings is 1. The Hall–Kier alpha value is -2.96. The highest BCUT2D eigenvalue weighted by molar-refractivity contribution is 6.33. The fourth-order valence-electron chi connectivity index (χ4n) is 4.70. The first kappa shape index (κ1) is 21.9. The summed E-state index contributed by atoms with van der Waals surface area (Å²) >= 11 is 6.48. The van der Waals surface area contributed by atoms with Crippen LogP contribution in [0.1, 0.15) is 37.9 Å². The van der Waals surface area contributed by atoms with Crippen LogP contribution in [0, 0.1) is 12.8 Å². The van der Waals surface area contributed by atoms with Crippen molar-refractivity contribution >= 4 is 34.9 Å². The van der Waals surface area contributed by atoms with E-state index in [9.17, 15) is 4.79 Å². The van der Waals surface area contributed by atoms with Crippen LogP contribution in [0.15, 0.2) is 65.4 Å². The van der Waals surface area contributed by atoms with E-state index in [1.54, 1.807) is 11.0 Å². The van der Waals surface area contributed by atoms with Crippen molar-refractivity contribution in [1.29, 1.82) is 0 Å². The van der Waals surface area contributed by atoms with E-state index in [1.807, 2.05) is 60.4 Å². The average molecular weight is 462 g/mol. The molecular weight excluding hydrogens is 434 g/mol. The number of aromatic nitrogens is 2. The van der Waals surface area contributed by atoms with E-state index in [1.165, 1.54) is 0 Å². The molecule has 0 bridgehead atoms. The molecule has 3 aliphatic heterocycles. The van der Waals surface area contributed by atoms with Gasteiger partial charge < -0.3 is 9.30 Å². The minimum absolute atomic E-state index is 0.0955. The molecular formula is C26H28ClN5O. The Morgan fingerprint density at radius 1 is 1.18 bits per heavy atom. The summed E-state index contributed by atoms with van der Waals surface area (Å²) in [6.45, 7) is 8.54. The van der Waals surface area contributed by atoms with E-state index in [4.69, 9.17) is 16.6 Å². The number of carbonyl (C=O) groups is 1. The van der Waals surface area contributed by atoms with Crippen LogP contribution in [-0.4, -0.2) is 50.4 Å². The topological polar surface area (TPSA) is 53.2 Å². The number of piperidine rings is 1. The monoisotopic (exact) mass is 461 g/mol. The van der Waals surface area contributed by atoms with Gasteiger partial charge in [0.25, 0.3) is 5.91 Å². The standard InChI is InChI=1S/C26H28ClN5O/c1-17(2)30-9-7-19(8-10-30)24-16-32-22(13-28-24)6-4-5-20(12-25(32)33)21-11-23(27)26-29-18(3)14-31(26)15-21/h4-6,11-17,19H,7-10H2,1-3H3/b5-4?,20-12?,22-6+. The highest BCUT2D eigenvalue weighted by Gasteiger charge is 2.27. The van der Waals surface area contributed by atoms with E-state index in [2.05, 4.69) is 23.7 Å². The molecule has 6 nitrogen and oxygen atoms in total. The van der Waals surface area contributed by atoms with Crippen LogP contribution >= 0.6 is 11.6 Å². The molecule has 0 aromatic carbocycles. The summed E-state index contributed by atoms with van der Waals surface area (Å²) < 4.78 is 1.90. The molecule has 5 heterocycles. The van der Waals surface area contributed by atoms with E-state index >= 15 is 0 Å². The van der Waals surface area contributed by atoms with Gasteiger partial charge in [-0.05, 0) is 64.4 Å². The van der Waals surface area contributed by atoms with Gasteiger partial charge in [0, 0.05) is 42.2 Å². The minimum Gasteiger partial charge on any atom is -0.305 e. The molecule has 7 heteroatoms. The van der Waals surface area contributed by atoms with Crippen LogP contribution in [-0.2, 0) is 4.79 Å². The molecule has 1 saturated heterocycles. The van der Waals surface area contributed by atoms with Gasteiger partial charge in [0.05, 0.1) is 28.3 Å². The normalized spacial score (nSPS) is 21.5. The first-order valence-electron chi connectivity index (χ1n) is 11.5. The number of halogens is 1. The van der Waals surface area contributed by atoms with Crippen molar-refractivity contribution in [2.75, 3.05) is 13.1 Å². The predicted octanol–water partition coefficient (Wildman–Crippen LogP) is 5.01. The van der Waals surface area contributed by atoms with Gasteiger partial charge in [0.15, 0.2) is 5.65 Å². The summed E-state index contributed by atoms with van der Waals surface area (Å²) in [5.41, 5.74) is 5.03. The lowest BCUT2D eigenvalue weighted by molar-refractivity contribution is -0.121. The molecule has 0 spiro atoms. The number of nitrogens with zero attached hydrogens (tertiary/aromatic N) is 5. The van der Waals surface area contributed by atoms with E-state index < -0.39 is 0 Å². The molecule has 170 valence electrons. The van der Waals surface area contributed by atoms with Crippen LogP contribution in [0.4, 0.5) is 0 Å². The lowest BCUT2D eigenvalue weighted by Crippen LogP contribution is -2.39.